The van der Waals surface area contributed by atoms with Crippen LogP contribution in [0.5, 0.6) is 0 Å². The Balaban J connectivity index is 3.65. The van der Waals surface area contributed by atoms with Gasteiger partial charge in [-0.25, -0.2) is 4.79 Å². The molecule has 2 N–H and O–H groups in total. The Morgan fingerprint density at radius 3 is 2.57 bits per heavy atom. The molecule has 1 atom stereocenters. The summed E-state index contributed by atoms with van der Waals surface area (Å²) in [5.41, 5.74) is 0. The van der Waals surface area contributed by atoms with Crippen molar-refractivity contribution in [2.45, 2.75) is 32.2 Å². The number of hydrogen-bond acceptors (Lipinski definition) is 4. The number of unbranched alkanes of at least 4 members (excludes halogenated alkanes) is 1. The van der Waals surface area contributed by atoms with Crippen LogP contribution in [-0.4, -0.2) is 36.7 Å². The molecule has 0 aromatic rings. The van der Waals surface area contributed by atoms with Gasteiger partial charge in [-0.3, -0.25) is 4.79 Å². The van der Waals surface area contributed by atoms with E-state index >= 15 is 0 Å². The average Bonchev–Trinajstić information content (AvgIpc) is 2.16. The van der Waals surface area contributed by atoms with Crippen molar-refractivity contribution in [3.05, 3.63) is 0 Å². The van der Waals surface area contributed by atoms with Gasteiger partial charge in [-0.15, -0.1) is 0 Å². The second kappa shape index (κ2) is 7.32. The highest BCUT2D eigenvalue weighted by Gasteiger charge is 2.14. The van der Waals surface area contributed by atoms with Crippen LogP contribution in [0, 0.1) is 0 Å². The van der Waals surface area contributed by atoms with Crippen LogP contribution < -0.4 is 5.32 Å². The molecule has 0 aliphatic heterocycles. The number of ether oxygens (including phenoxy) is 1. The van der Waals surface area contributed by atoms with Gasteiger partial charge in [0.05, 0.1) is 7.11 Å². The largest absolute Gasteiger partial charge is 0.467 e. The van der Waals surface area contributed by atoms with E-state index in [-0.39, 0.29) is 12.5 Å². The van der Waals surface area contributed by atoms with Crippen molar-refractivity contribution in [1.82, 2.24) is 5.32 Å². The third-order valence-corrected chi connectivity index (χ3v) is 1.74. The van der Waals surface area contributed by atoms with Crippen molar-refractivity contribution in [3.8, 4) is 0 Å². The molecule has 0 radical (unpaired) electrons. The van der Waals surface area contributed by atoms with E-state index in [0.717, 1.165) is 0 Å². The lowest BCUT2D eigenvalue weighted by atomic mass is 10.2. The van der Waals surface area contributed by atoms with E-state index in [2.05, 4.69) is 10.1 Å². The standard InChI is InChI=1S/C9H17NO4/c1-7(9(13)14-2)10-8(12)5-3-4-6-11/h7,11H,3-6H2,1-2H3,(H,10,12)/t7-/m0/s1. The molecule has 0 rings (SSSR count). The fourth-order valence-corrected chi connectivity index (χ4v) is 0.947. The van der Waals surface area contributed by atoms with E-state index in [4.69, 9.17) is 5.11 Å². The highest BCUT2D eigenvalue weighted by Crippen LogP contribution is 1.95. The van der Waals surface area contributed by atoms with Gasteiger partial charge >= 0.3 is 5.97 Å². The maximum absolute atomic E-state index is 11.1. The van der Waals surface area contributed by atoms with Crippen LogP contribution >= 0.6 is 0 Å². The first-order chi connectivity index (χ1) is 6.61. The van der Waals surface area contributed by atoms with E-state index in [9.17, 15) is 9.59 Å². The van der Waals surface area contributed by atoms with Crippen LogP contribution in [0.2, 0.25) is 0 Å². The molecule has 0 saturated heterocycles. The number of amides is 1. The first-order valence-corrected chi connectivity index (χ1v) is 4.60. The van der Waals surface area contributed by atoms with E-state index in [0.29, 0.717) is 19.3 Å². The molecule has 0 aromatic heterocycles. The molecule has 1 amide bonds. The normalized spacial score (nSPS) is 11.9. The van der Waals surface area contributed by atoms with Gasteiger partial charge in [-0.05, 0) is 19.8 Å². The summed E-state index contributed by atoms with van der Waals surface area (Å²) in [4.78, 5) is 22.0. The summed E-state index contributed by atoms with van der Waals surface area (Å²) in [6.07, 6.45) is 1.54. The lowest BCUT2D eigenvalue weighted by molar-refractivity contribution is -0.144. The minimum atomic E-state index is -0.610. The van der Waals surface area contributed by atoms with Gasteiger partial charge in [-0.1, -0.05) is 0 Å². The van der Waals surface area contributed by atoms with E-state index < -0.39 is 12.0 Å². The molecule has 0 aromatic carbocycles. The number of carbonyl (C=O) groups is 2. The van der Waals surface area contributed by atoms with Crippen molar-refractivity contribution in [1.29, 1.82) is 0 Å². The molecule has 0 aliphatic rings. The maximum atomic E-state index is 11.1. The number of aliphatic hydroxyl groups excluding tert-OH is 1. The van der Waals surface area contributed by atoms with Gasteiger partial charge in [0, 0.05) is 13.0 Å². The number of methoxy groups -OCH3 is 1. The van der Waals surface area contributed by atoms with Crippen LogP contribution in [0.3, 0.4) is 0 Å². The molecule has 0 fully saturated rings. The van der Waals surface area contributed by atoms with Crippen molar-refractivity contribution in [2.75, 3.05) is 13.7 Å². The zero-order valence-corrected chi connectivity index (χ0v) is 8.58. The van der Waals surface area contributed by atoms with E-state index in [1.807, 2.05) is 0 Å². The van der Waals surface area contributed by atoms with Crippen LogP contribution in [0.1, 0.15) is 26.2 Å². The molecular formula is C9H17NO4. The van der Waals surface area contributed by atoms with Gasteiger partial charge in [0.2, 0.25) is 5.91 Å². The van der Waals surface area contributed by atoms with Crippen molar-refractivity contribution < 1.29 is 19.4 Å². The Bertz CT molecular complexity index is 193. The minimum absolute atomic E-state index is 0.0832. The lowest BCUT2D eigenvalue weighted by Crippen LogP contribution is -2.39. The molecule has 5 nitrogen and oxygen atoms in total. The van der Waals surface area contributed by atoms with E-state index in [1.54, 1.807) is 6.92 Å². The first kappa shape index (κ1) is 12.9. The number of hydrogen-bond donors (Lipinski definition) is 2. The molecule has 0 aliphatic carbocycles. The summed E-state index contributed by atoms with van der Waals surface area (Å²) >= 11 is 0. The maximum Gasteiger partial charge on any atom is 0.328 e. The quantitative estimate of drug-likeness (QED) is 0.464. The van der Waals surface area contributed by atoms with E-state index in [1.165, 1.54) is 7.11 Å². The van der Waals surface area contributed by atoms with Crippen LogP contribution in [0.4, 0.5) is 0 Å². The average molecular weight is 203 g/mol. The summed E-state index contributed by atoms with van der Waals surface area (Å²) < 4.78 is 4.44. The number of esters is 1. The van der Waals surface area contributed by atoms with Crippen molar-refractivity contribution >= 4 is 11.9 Å². The summed E-state index contributed by atoms with van der Waals surface area (Å²) in [6.45, 7) is 1.65. The molecule has 0 spiro atoms. The minimum Gasteiger partial charge on any atom is -0.467 e. The number of nitrogens with one attached hydrogen (secondary N) is 1. The van der Waals surface area contributed by atoms with Gasteiger partial charge in [-0.2, -0.15) is 0 Å². The molecule has 0 saturated carbocycles. The monoisotopic (exact) mass is 203 g/mol. The van der Waals surface area contributed by atoms with Gasteiger partial charge in [0.25, 0.3) is 0 Å². The van der Waals surface area contributed by atoms with Gasteiger partial charge in [0.1, 0.15) is 6.04 Å². The smallest absolute Gasteiger partial charge is 0.328 e. The van der Waals surface area contributed by atoms with Crippen molar-refractivity contribution in [2.24, 2.45) is 0 Å². The third-order valence-electron chi connectivity index (χ3n) is 1.74. The molecule has 82 valence electrons. The Hall–Kier alpha value is -1.10. The fraction of sp³-hybridized carbons (Fsp3) is 0.778. The Kier molecular flexibility index (Phi) is 6.74. The molecule has 5 heteroatoms. The van der Waals surface area contributed by atoms with Gasteiger partial charge in [0.15, 0.2) is 0 Å². The van der Waals surface area contributed by atoms with Crippen LogP contribution in [0.25, 0.3) is 0 Å². The Morgan fingerprint density at radius 1 is 1.43 bits per heavy atom. The fourth-order valence-electron chi connectivity index (χ4n) is 0.947. The topological polar surface area (TPSA) is 75.6 Å². The molecule has 14 heavy (non-hydrogen) atoms. The molecule has 0 unspecified atom stereocenters. The zero-order valence-electron chi connectivity index (χ0n) is 8.58. The second-order valence-corrected chi connectivity index (χ2v) is 2.99. The summed E-state index contributed by atoms with van der Waals surface area (Å²) in [5, 5.41) is 11.0. The Labute approximate surface area is 83.4 Å². The predicted octanol–water partition coefficient (Wildman–Crippen LogP) is -0.173. The Morgan fingerprint density at radius 2 is 2.07 bits per heavy atom. The summed E-state index contributed by atoms with van der Waals surface area (Å²) in [5.74, 6) is -0.656. The lowest BCUT2D eigenvalue weighted by Gasteiger charge is -2.10. The predicted molar refractivity (Wildman–Crippen MR) is 50.6 cm³/mol. The van der Waals surface area contributed by atoms with Gasteiger partial charge < -0.3 is 15.2 Å². The number of rotatable bonds is 6. The molecular weight excluding hydrogens is 186 g/mol. The van der Waals surface area contributed by atoms with Crippen LogP contribution in [-0.2, 0) is 14.3 Å². The highest BCUT2D eigenvalue weighted by atomic mass is 16.5. The summed E-state index contributed by atoms with van der Waals surface area (Å²) in [7, 11) is 1.27. The van der Waals surface area contributed by atoms with Crippen LogP contribution in [0.15, 0.2) is 0 Å². The first-order valence-electron chi connectivity index (χ1n) is 4.60. The SMILES string of the molecule is COC(=O)[C@H](C)NC(=O)CCCCO. The second-order valence-electron chi connectivity index (χ2n) is 2.99. The number of carbonyl (C=O) groups excluding carboxylic acids is 2. The number of aliphatic hydroxyl groups is 1. The molecule has 0 heterocycles. The molecule has 0 bridgehead atoms. The van der Waals surface area contributed by atoms with Crippen molar-refractivity contribution in [3.63, 3.8) is 0 Å². The zero-order chi connectivity index (χ0) is 11.0. The third kappa shape index (κ3) is 5.53. The summed E-state index contributed by atoms with van der Waals surface area (Å²) in [6, 6.07) is -0.610. The highest BCUT2D eigenvalue weighted by molar-refractivity contribution is 5.83.